The molecular formula is C60H81N9O13S3. The molecule has 0 spiro atoms. The normalized spacial score (nSPS) is 25.1. The van der Waals surface area contributed by atoms with Crippen molar-refractivity contribution in [2.45, 2.75) is 146 Å². The lowest BCUT2D eigenvalue weighted by Crippen LogP contribution is -2.63. The zero-order valence-electron chi connectivity index (χ0n) is 49.1. The van der Waals surface area contributed by atoms with Gasteiger partial charge >= 0.3 is 5.97 Å². The first-order chi connectivity index (χ1) is 40.5. The number of hydrogen-bond donors (Lipinski definition) is 9. The molecule has 3 aromatic carbocycles. The van der Waals surface area contributed by atoms with Crippen molar-refractivity contribution in [2.24, 2.45) is 11.8 Å². The molecule has 2 fully saturated rings. The molecule has 22 nitrogen and oxygen atoms in total. The monoisotopic (exact) mass is 1230 g/mol. The van der Waals surface area contributed by atoms with E-state index < -0.39 is 126 Å². The average molecular weight is 1230 g/mol. The Bertz CT molecular complexity index is 2860. The lowest BCUT2D eigenvalue weighted by atomic mass is 9.96. The highest BCUT2D eigenvalue weighted by molar-refractivity contribution is 8.76. The van der Waals surface area contributed by atoms with Gasteiger partial charge in [-0.1, -0.05) is 121 Å². The van der Waals surface area contributed by atoms with E-state index in [2.05, 4.69) is 31.9 Å². The molecule has 3 aliphatic heterocycles. The molecule has 0 aliphatic carbocycles. The van der Waals surface area contributed by atoms with Gasteiger partial charge in [-0.05, 0) is 85.9 Å². The number of carbonyl (C=O) groups is 10. The summed E-state index contributed by atoms with van der Waals surface area (Å²) in [5.41, 5.74) is 3.90. The van der Waals surface area contributed by atoms with Crippen molar-refractivity contribution in [3.8, 4) is 11.1 Å². The Morgan fingerprint density at radius 3 is 2.00 bits per heavy atom. The van der Waals surface area contributed by atoms with Crippen LogP contribution in [-0.4, -0.2) is 194 Å². The molecule has 3 heterocycles. The van der Waals surface area contributed by atoms with Crippen LogP contribution in [0.15, 0.2) is 78.9 Å². The second-order valence-electron chi connectivity index (χ2n) is 22.1. The van der Waals surface area contributed by atoms with Crippen LogP contribution in [0.5, 0.6) is 0 Å². The maximum atomic E-state index is 14.6. The summed E-state index contributed by atoms with van der Waals surface area (Å²) in [4.78, 5) is 144. The van der Waals surface area contributed by atoms with Gasteiger partial charge in [0.05, 0.1) is 23.9 Å². The van der Waals surface area contributed by atoms with Gasteiger partial charge in [0.15, 0.2) is 0 Å². The van der Waals surface area contributed by atoms with Crippen LogP contribution in [0.4, 0.5) is 0 Å². The van der Waals surface area contributed by atoms with Crippen molar-refractivity contribution in [3.63, 3.8) is 0 Å². The molecule has 3 aromatic rings. The molecule has 0 saturated carbocycles. The molecule has 6 rings (SSSR count). The van der Waals surface area contributed by atoms with Crippen molar-refractivity contribution in [1.82, 2.24) is 46.6 Å². The Balaban J connectivity index is 1.37. The number of nitrogens with zero attached hydrogens (tertiary/aromatic N) is 3. The number of thioether (sulfide) groups is 1. The number of amides is 9. The number of nitrogens with one attached hydrogen (secondary N) is 6. The third-order valence-corrected chi connectivity index (χ3v) is 18.7. The Morgan fingerprint density at radius 2 is 1.35 bits per heavy atom. The summed E-state index contributed by atoms with van der Waals surface area (Å²) < 4.78 is 0. The first-order valence-electron chi connectivity index (χ1n) is 28.8. The summed E-state index contributed by atoms with van der Waals surface area (Å²) >= 11 is 1.38. The molecule has 3 aliphatic rings. The standard InChI is InChI=1S/C60H81N9O13S3/c1-8-83-33-48(72)61-44-30-39-18-14-20-41(28-39)43-21-13-12-19-42(43)31-84-85-32-46(58(79)68-26-23-40(24-27-68)60(81)82)63-52(73)35(4)67(7)57(78)45(29-38-16-10-9-11-17-38)62-55(76)50(36(5)70)66-56(77)51(37(6)71)65-54(75)47-22-15-25-69(47)59(80)49(34(2)3)64-53(44)74/h9-14,16-21,28,34-37,40,44-47,49-51,70-71H,8,15,22-27,29-33H2,1-7H3,(H,61,72)(H,62,76)(H,63,73)(H,64,74)(H,65,75)(H,66,77)(H,81,82)/t35-,36+,37+,44-,45-,46-,47-,49-,50-,51-/m0/s1. The summed E-state index contributed by atoms with van der Waals surface area (Å²) in [5, 5.41) is 47.9. The minimum absolute atomic E-state index is 0.0368. The lowest BCUT2D eigenvalue weighted by molar-refractivity contribution is -0.146. The van der Waals surface area contributed by atoms with E-state index in [9.17, 15) is 63.3 Å². The average Bonchev–Trinajstić information content (AvgIpc) is 4.08. The fraction of sp³-hybridized carbons (Fsp3) is 0.533. The van der Waals surface area contributed by atoms with Crippen molar-refractivity contribution < 1.29 is 63.3 Å². The van der Waals surface area contributed by atoms with E-state index in [1.807, 2.05) is 55.5 Å². The summed E-state index contributed by atoms with van der Waals surface area (Å²) in [6, 6.07) is 13.2. The van der Waals surface area contributed by atoms with Crippen LogP contribution < -0.4 is 31.9 Å². The number of hydrogen-bond acceptors (Lipinski definition) is 15. The number of aliphatic carboxylic acids is 1. The smallest absolute Gasteiger partial charge is 0.306 e. The highest BCUT2D eigenvalue weighted by Gasteiger charge is 2.43. The zero-order valence-corrected chi connectivity index (χ0v) is 51.6. The topological polar surface area (TPSA) is 313 Å². The summed E-state index contributed by atoms with van der Waals surface area (Å²) in [6.07, 6.45) is -2.28. The van der Waals surface area contributed by atoms with E-state index in [0.717, 1.165) is 21.6 Å². The van der Waals surface area contributed by atoms with Crippen LogP contribution in [0.3, 0.4) is 0 Å². The number of aliphatic hydroxyl groups is 2. The number of piperidine rings is 1. The van der Waals surface area contributed by atoms with Gasteiger partial charge in [0, 0.05) is 51.0 Å². The van der Waals surface area contributed by atoms with Crippen LogP contribution in [0, 0.1) is 11.8 Å². The molecule has 9 N–H and O–H groups in total. The van der Waals surface area contributed by atoms with E-state index in [0.29, 0.717) is 29.1 Å². The molecule has 462 valence electrons. The molecule has 25 heteroatoms. The summed E-state index contributed by atoms with van der Waals surface area (Å²) in [5.74, 6) is -7.26. The number of aliphatic hydroxyl groups excluding tert-OH is 2. The van der Waals surface area contributed by atoms with Gasteiger partial charge in [0.25, 0.3) is 0 Å². The number of rotatable bonds is 11. The molecule has 0 aromatic heterocycles. The predicted molar refractivity (Wildman–Crippen MR) is 326 cm³/mol. The quantitative estimate of drug-likeness (QED) is 0.124. The van der Waals surface area contributed by atoms with Crippen LogP contribution in [-0.2, 0) is 66.5 Å². The summed E-state index contributed by atoms with van der Waals surface area (Å²) in [6.45, 7) is 9.69. The maximum Gasteiger partial charge on any atom is 0.306 e. The largest absolute Gasteiger partial charge is 0.481 e. The van der Waals surface area contributed by atoms with E-state index in [4.69, 9.17) is 0 Å². The number of carbonyl (C=O) groups excluding carboxylic acids is 9. The summed E-state index contributed by atoms with van der Waals surface area (Å²) in [7, 11) is 4.13. The molecular weight excluding hydrogens is 1150 g/mol. The first-order valence-corrected chi connectivity index (χ1v) is 32.4. The van der Waals surface area contributed by atoms with Crippen molar-refractivity contribution >= 4 is 92.5 Å². The second-order valence-corrected chi connectivity index (χ2v) is 25.9. The third kappa shape index (κ3) is 18.7. The van der Waals surface area contributed by atoms with Crippen LogP contribution in [0.25, 0.3) is 11.1 Å². The molecule has 0 unspecified atom stereocenters. The second kappa shape index (κ2) is 32.2. The van der Waals surface area contributed by atoms with Gasteiger partial charge in [-0.25, -0.2) is 0 Å². The van der Waals surface area contributed by atoms with E-state index in [1.54, 1.807) is 44.2 Å². The van der Waals surface area contributed by atoms with Crippen molar-refractivity contribution in [2.75, 3.05) is 43.9 Å². The van der Waals surface area contributed by atoms with Crippen molar-refractivity contribution in [3.05, 3.63) is 95.6 Å². The Labute approximate surface area is 508 Å². The van der Waals surface area contributed by atoms with Gasteiger partial charge in [0.2, 0.25) is 53.2 Å². The Hall–Kier alpha value is -6.67. The van der Waals surface area contributed by atoms with E-state index >= 15 is 0 Å². The van der Waals surface area contributed by atoms with Gasteiger partial charge in [-0.2, -0.15) is 11.8 Å². The number of carboxylic acids is 1. The van der Waals surface area contributed by atoms with Crippen LogP contribution in [0.2, 0.25) is 0 Å². The molecule has 9 amide bonds. The highest BCUT2D eigenvalue weighted by Crippen LogP contribution is 2.33. The molecule has 0 radical (unpaired) electrons. The minimum atomic E-state index is -1.77. The predicted octanol–water partition coefficient (Wildman–Crippen LogP) is 2.27. The maximum absolute atomic E-state index is 14.6. The minimum Gasteiger partial charge on any atom is -0.481 e. The molecule has 2 saturated heterocycles. The Kier molecular flexibility index (Phi) is 25.5. The number of fused-ring (bicyclic) bond motifs is 5. The van der Waals surface area contributed by atoms with Gasteiger partial charge in [-0.15, -0.1) is 0 Å². The van der Waals surface area contributed by atoms with E-state index in [-0.39, 0.29) is 69.2 Å². The SMILES string of the molecule is CCSCC(=O)N[C@H]1Cc2cccc(c2)-c2ccccc2CSSC[C@@H](C(=O)N2CCC(C(=O)O)CC2)NC(=O)[C@H](C)N(C)C(=O)[C@H](Cc2ccccc2)NC(=O)[C@H]([C@@H](C)O)NC(=O)[C@H]([C@@H](C)O)NC(=O)[C@@H]2CCCN2C(=O)[C@H](C(C)C)NC1=O. The van der Waals surface area contributed by atoms with Gasteiger partial charge in [-0.3, -0.25) is 47.9 Å². The first kappa shape index (κ1) is 67.5. The number of benzene rings is 3. The lowest BCUT2D eigenvalue weighted by Gasteiger charge is -2.34. The molecule has 2 bridgehead atoms. The fourth-order valence-corrected chi connectivity index (χ4v) is 13.1. The van der Waals surface area contributed by atoms with Gasteiger partial charge in [0.1, 0.15) is 48.3 Å². The van der Waals surface area contributed by atoms with Crippen LogP contribution >= 0.6 is 33.3 Å². The number of carboxylic acid groups (broad SMARTS) is 1. The van der Waals surface area contributed by atoms with E-state index in [1.165, 1.54) is 71.0 Å². The third-order valence-electron chi connectivity index (χ3n) is 15.5. The fourth-order valence-electron chi connectivity index (χ4n) is 10.4. The van der Waals surface area contributed by atoms with Gasteiger partial charge < -0.3 is 61.9 Å². The molecule has 85 heavy (non-hydrogen) atoms. The zero-order chi connectivity index (χ0) is 62.1. The number of likely N-dealkylation sites (tertiary alicyclic amines) is 1. The Morgan fingerprint density at radius 1 is 0.718 bits per heavy atom. The van der Waals surface area contributed by atoms with Crippen LogP contribution in [0.1, 0.15) is 83.9 Å². The highest BCUT2D eigenvalue weighted by atomic mass is 33.1. The number of likely N-dealkylation sites (N-methyl/N-ethyl adjacent to an activating group) is 1. The van der Waals surface area contributed by atoms with Crippen molar-refractivity contribution in [1.29, 1.82) is 0 Å². The molecule has 10 atom stereocenters.